The molecular weight excluding hydrogens is 323 g/mol. The third-order valence-corrected chi connectivity index (χ3v) is 3.64. The van der Waals surface area contributed by atoms with Crippen LogP contribution in [0.2, 0.25) is 0 Å². The summed E-state index contributed by atoms with van der Waals surface area (Å²) in [6.45, 7) is 0.503. The zero-order chi connectivity index (χ0) is 16.7. The first-order chi connectivity index (χ1) is 11.5. The minimum absolute atomic E-state index is 0.293. The van der Waals surface area contributed by atoms with Gasteiger partial charge in [0.05, 0.1) is 23.3 Å². The molecule has 1 unspecified atom stereocenters. The number of hydrogen-bond acceptors (Lipinski definition) is 4. The first kappa shape index (κ1) is 14.7. The maximum Gasteiger partial charge on any atom is 0.573 e. The Labute approximate surface area is 134 Å². The third-order valence-electron chi connectivity index (χ3n) is 3.64. The second kappa shape index (κ2) is 5.33. The van der Waals surface area contributed by atoms with Crippen LogP contribution in [-0.2, 0) is 0 Å². The van der Waals surface area contributed by atoms with Crippen molar-refractivity contribution in [3.8, 4) is 11.5 Å². The number of aromatic amines is 1. The molecule has 0 saturated heterocycles. The van der Waals surface area contributed by atoms with Gasteiger partial charge in [-0.25, -0.2) is 4.98 Å². The molecule has 0 saturated carbocycles. The summed E-state index contributed by atoms with van der Waals surface area (Å²) in [7, 11) is 0. The summed E-state index contributed by atoms with van der Waals surface area (Å²) in [6, 6.07) is 11.5. The first-order valence-electron chi connectivity index (χ1n) is 7.23. The lowest BCUT2D eigenvalue weighted by Gasteiger charge is -2.25. The van der Waals surface area contributed by atoms with Gasteiger partial charge in [0.15, 0.2) is 6.10 Å². The molecule has 1 aromatic heterocycles. The largest absolute Gasteiger partial charge is 0.573 e. The number of aromatic nitrogens is 2. The van der Waals surface area contributed by atoms with Crippen molar-refractivity contribution in [3.63, 3.8) is 0 Å². The number of halogens is 3. The van der Waals surface area contributed by atoms with Crippen molar-refractivity contribution in [1.82, 2.24) is 9.97 Å². The molecule has 0 aliphatic carbocycles. The maximum absolute atomic E-state index is 12.3. The molecule has 8 heteroatoms. The lowest BCUT2D eigenvalue weighted by molar-refractivity contribution is -0.274. The normalized spacial score (nSPS) is 17.0. The van der Waals surface area contributed by atoms with E-state index >= 15 is 0 Å². The number of imidazole rings is 1. The van der Waals surface area contributed by atoms with Crippen molar-refractivity contribution in [2.24, 2.45) is 0 Å². The highest BCUT2D eigenvalue weighted by atomic mass is 19.4. The summed E-state index contributed by atoms with van der Waals surface area (Å²) in [6.07, 6.45) is -5.09. The quantitative estimate of drug-likeness (QED) is 0.743. The molecule has 1 atom stereocenters. The van der Waals surface area contributed by atoms with Crippen LogP contribution in [0.1, 0.15) is 11.9 Å². The van der Waals surface area contributed by atoms with Gasteiger partial charge in [0.1, 0.15) is 17.3 Å². The average molecular weight is 335 g/mol. The maximum atomic E-state index is 12.3. The smallest absolute Gasteiger partial charge is 0.478 e. The number of para-hydroxylation sites is 2. The second-order valence-corrected chi connectivity index (χ2v) is 5.33. The third kappa shape index (κ3) is 2.82. The molecule has 5 nitrogen and oxygen atoms in total. The molecule has 4 rings (SSSR count). The van der Waals surface area contributed by atoms with Crippen LogP contribution in [0.15, 0.2) is 42.5 Å². The summed E-state index contributed by atoms with van der Waals surface area (Å²) in [5.41, 5.74) is 1.89. The fourth-order valence-electron chi connectivity index (χ4n) is 2.62. The zero-order valence-electron chi connectivity index (χ0n) is 12.2. The van der Waals surface area contributed by atoms with Crippen LogP contribution in [0.3, 0.4) is 0 Å². The van der Waals surface area contributed by atoms with Crippen LogP contribution in [0.25, 0.3) is 11.0 Å². The molecule has 0 amide bonds. The molecule has 0 spiro atoms. The standard InChI is InChI=1S/C16H12F3N3O2/c17-16(18,19)24-9-5-6-10-12(7-9)22-15(21-10)14-8-20-11-3-1-2-4-13(11)23-14/h1-7,14,20H,8H2,(H,21,22). The van der Waals surface area contributed by atoms with Crippen molar-refractivity contribution in [2.45, 2.75) is 12.5 Å². The van der Waals surface area contributed by atoms with Gasteiger partial charge in [0.2, 0.25) is 0 Å². The molecular formula is C16H12F3N3O2. The van der Waals surface area contributed by atoms with E-state index in [1.54, 1.807) is 0 Å². The van der Waals surface area contributed by atoms with E-state index in [9.17, 15) is 13.2 Å². The lowest BCUT2D eigenvalue weighted by atomic mass is 10.2. The number of nitrogens with one attached hydrogen (secondary N) is 2. The van der Waals surface area contributed by atoms with Gasteiger partial charge in [-0.05, 0) is 24.3 Å². The Morgan fingerprint density at radius 1 is 1.17 bits per heavy atom. The number of nitrogens with zero attached hydrogens (tertiary/aromatic N) is 1. The van der Waals surface area contributed by atoms with Gasteiger partial charge in [-0.2, -0.15) is 0 Å². The highest BCUT2D eigenvalue weighted by Gasteiger charge is 2.31. The van der Waals surface area contributed by atoms with Crippen molar-refractivity contribution in [2.75, 3.05) is 11.9 Å². The Morgan fingerprint density at radius 3 is 2.83 bits per heavy atom. The van der Waals surface area contributed by atoms with E-state index in [1.165, 1.54) is 18.2 Å². The number of fused-ring (bicyclic) bond motifs is 2. The number of rotatable bonds is 2. The predicted octanol–water partition coefficient (Wildman–Crippen LogP) is 4.01. The summed E-state index contributed by atoms with van der Waals surface area (Å²) in [5, 5.41) is 3.24. The molecule has 3 aromatic rings. The molecule has 2 heterocycles. The Hall–Kier alpha value is -2.90. The number of H-pyrrole nitrogens is 1. The van der Waals surface area contributed by atoms with Gasteiger partial charge in [-0.1, -0.05) is 12.1 Å². The molecule has 2 aromatic carbocycles. The van der Waals surface area contributed by atoms with Crippen LogP contribution in [0, 0.1) is 0 Å². The van der Waals surface area contributed by atoms with Crippen LogP contribution < -0.4 is 14.8 Å². The van der Waals surface area contributed by atoms with E-state index in [0.29, 0.717) is 29.2 Å². The second-order valence-electron chi connectivity index (χ2n) is 5.33. The Kier molecular flexibility index (Phi) is 3.26. The minimum atomic E-state index is -4.73. The summed E-state index contributed by atoms with van der Waals surface area (Å²) < 4.78 is 46.7. The van der Waals surface area contributed by atoms with E-state index in [-0.39, 0.29) is 11.9 Å². The topological polar surface area (TPSA) is 59.2 Å². The van der Waals surface area contributed by atoms with Gasteiger partial charge in [0, 0.05) is 6.07 Å². The van der Waals surface area contributed by atoms with Crippen molar-refractivity contribution in [1.29, 1.82) is 0 Å². The van der Waals surface area contributed by atoms with Crippen LogP contribution in [0.4, 0.5) is 18.9 Å². The summed E-state index contributed by atoms with van der Waals surface area (Å²) in [4.78, 5) is 7.39. The summed E-state index contributed by atoms with van der Waals surface area (Å²) >= 11 is 0. The molecule has 1 aliphatic heterocycles. The highest BCUT2D eigenvalue weighted by Crippen LogP contribution is 2.34. The zero-order valence-corrected chi connectivity index (χ0v) is 12.2. The Balaban J connectivity index is 1.62. The summed E-state index contributed by atoms with van der Waals surface area (Å²) in [5.74, 6) is 0.949. The number of benzene rings is 2. The highest BCUT2D eigenvalue weighted by molar-refractivity contribution is 5.77. The predicted molar refractivity (Wildman–Crippen MR) is 81.1 cm³/mol. The Morgan fingerprint density at radius 2 is 2.00 bits per heavy atom. The molecule has 0 fully saturated rings. The van der Waals surface area contributed by atoms with Gasteiger partial charge >= 0.3 is 6.36 Å². The number of ether oxygens (including phenoxy) is 2. The molecule has 124 valence electrons. The van der Waals surface area contributed by atoms with Crippen molar-refractivity contribution in [3.05, 3.63) is 48.3 Å². The van der Waals surface area contributed by atoms with Crippen molar-refractivity contribution >= 4 is 16.7 Å². The van der Waals surface area contributed by atoms with Gasteiger partial charge in [-0.15, -0.1) is 13.2 Å². The first-order valence-corrected chi connectivity index (χ1v) is 7.23. The molecule has 0 radical (unpaired) electrons. The number of alkyl halides is 3. The Bertz CT molecular complexity index is 892. The van der Waals surface area contributed by atoms with Crippen molar-refractivity contribution < 1.29 is 22.6 Å². The fraction of sp³-hybridized carbons (Fsp3) is 0.188. The van der Waals surface area contributed by atoms with E-state index in [2.05, 4.69) is 20.0 Å². The van der Waals surface area contributed by atoms with Crippen LogP contribution in [0.5, 0.6) is 11.5 Å². The van der Waals surface area contributed by atoms with Crippen LogP contribution in [-0.4, -0.2) is 22.9 Å². The van der Waals surface area contributed by atoms with E-state index in [0.717, 1.165) is 5.69 Å². The minimum Gasteiger partial charge on any atom is -0.478 e. The van der Waals surface area contributed by atoms with Crippen LogP contribution >= 0.6 is 0 Å². The average Bonchev–Trinajstić information content (AvgIpc) is 2.96. The molecule has 24 heavy (non-hydrogen) atoms. The number of anilines is 1. The van der Waals surface area contributed by atoms with E-state index in [1.807, 2.05) is 24.3 Å². The van der Waals surface area contributed by atoms with E-state index in [4.69, 9.17) is 4.74 Å². The molecule has 2 N–H and O–H groups in total. The van der Waals surface area contributed by atoms with Gasteiger partial charge < -0.3 is 19.8 Å². The van der Waals surface area contributed by atoms with Gasteiger partial charge in [-0.3, -0.25) is 0 Å². The van der Waals surface area contributed by atoms with E-state index < -0.39 is 6.36 Å². The SMILES string of the molecule is FC(F)(F)Oc1ccc2nc(C3CNc4ccccc4O3)[nH]c2c1. The lowest BCUT2D eigenvalue weighted by Crippen LogP contribution is -2.24. The molecule has 1 aliphatic rings. The van der Waals surface area contributed by atoms with Gasteiger partial charge in [0.25, 0.3) is 0 Å². The fourth-order valence-corrected chi connectivity index (χ4v) is 2.62. The molecule has 0 bridgehead atoms. The monoisotopic (exact) mass is 335 g/mol. The number of hydrogen-bond donors (Lipinski definition) is 2.